The minimum Gasteiger partial charge on any atom is -0.329 e. The topological polar surface area (TPSA) is 29.3 Å². The Hall–Kier alpha value is -0.220. The predicted molar refractivity (Wildman–Crippen MR) is 65.1 cm³/mol. The first-order chi connectivity index (χ1) is 8.02. The summed E-state index contributed by atoms with van der Waals surface area (Å²) in [6.07, 6.45) is 4.28. The minimum atomic E-state index is -2.43. The van der Waals surface area contributed by atoms with Crippen LogP contribution in [0.4, 0.5) is 8.78 Å². The van der Waals surface area contributed by atoms with E-state index >= 15 is 0 Å². The summed E-state index contributed by atoms with van der Waals surface area (Å²) in [6.45, 7) is 1.44. The second-order valence-electron chi connectivity index (χ2n) is 5.90. The fourth-order valence-electron chi connectivity index (χ4n) is 3.19. The first-order valence-electron chi connectivity index (χ1n) is 6.80. The highest BCUT2D eigenvalue weighted by Gasteiger charge is 2.38. The van der Waals surface area contributed by atoms with Crippen molar-refractivity contribution >= 4 is 0 Å². The fourth-order valence-corrected chi connectivity index (χ4v) is 3.19. The van der Waals surface area contributed by atoms with Gasteiger partial charge in [-0.05, 0) is 44.6 Å². The van der Waals surface area contributed by atoms with Crippen LogP contribution in [0.2, 0.25) is 0 Å². The highest BCUT2D eigenvalue weighted by atomic mass is 19.3. The summed E-state index contributed by atoms with van der Waals surface area (Å²) >= 11 is 0. The van der Waals surface area contributed by atoms with E-state index in [1.807, 2.05) is 7.05 Å². The van der Waals surface area contributed by atoms with Gasteiger partial charge in [0.15, 0.2) is 0 Å². The maximum absolute atomic E-state index is 13.3. The van der Waals surface area contributed by atoms with Crippen LogP contribution in [0.5, 0.6) is 0 Å². The first kappa shape index (κ1) is 13.2. The molecule has 0 aromatic heterocycles. The molecule has 0 saturated heterocycles. The van der Waals surface area contributed by atoms with Gasteiger partial charge in [0.25, 0.3) is 0 Å². The molecule has 0 heterocycles. The lowest BCUT2D eigenvalue weighted by Crippen LogP contribution is -2.43. The monoisotopic (exact) mass is 246 g/mol. The van der Waals surface area contributed by atoms with E-state index in [1.165, 1.54) is 12.8 Å². The molecule has 2 saturated carbocycles. The molecular formula is C13H24F2N2. The lowest BCUT2D eigenvalue weighted by molar-refractivity contribution is -0.0575. The molecule has 2 atom stereocenters. The molecule has 2 unspecified atom stereocenters. The minimum absolute atomic E-state index is 0.0687. The summed E-state index contributed by atoms with van der Waals surface area (Å²) in [7, 11) is 2.04. The number of rotatable bonds is 5. The molecule has 2 nitrogen and oxygen atoms in total. The highest BCUT2D eigenvalue weighted by molar-refractivity contribution is 4.89. The Morgan fingerprint density at radius 3 is 2.59 bits per heavy atom. The van der Waals surface area contributed by atoms with Crippen molar-refractivity contribution in [3.63, 3.8) is 0 Å². The quantitative estimate of drug-likeness (QED) is 0.807. The summed E-state index contributed by atoms with van der Waals surface area (Å²) in [5.41, 5.74) is 5.78. The Labute approximate surface area is 103 Å². The van der Waals surface area contributed by atoms with Gasteiger partial charge in [-0.15, -0.1) is 0 Å². The summed E-state index contributed by atoms with van der Waals surface area (Å²) in [6, 6.07) is 0.408. The van der Waals surface area contributed by atoms with Crippen LogP contribution in [-0.2, 0) is 0 Å². The summed E-state index contributed by atoms with van der Waals surface area (Å²) in [5.74, 6) is -1.56. The Balaban J connectivity index is 1.82. The molecule has 0 aromatic carbocycles. The van der Waals surface area contributed by atoms with Crippen LogP contribution in [-0.4, -0.2) is 37.0 Å². The second kappa shape index (κ2) is 5.19. The average molecular weight is 246 g/mol. The molecule has 100 valence electrons. The van der Waals surface area contributed by atoms with E-state index in [-0.39, 0.29) is 18.8 Å². The van der Waals surface area contributed by atoms with Crippen molar-refractivity contribution < 1.29 is 8.78 Å². The van der Waals surface area contributed by atoms with Gasteiger partial charge in [0, 0.05) is 32.0 Å². The third kappa shape index (κ3) is 3.62. The molecule has 2 N–H and O–H groups in total. The molecule has 17 heavy (non-hydrogen) atoms. The van der Waals surface area contributed by atoms with Crippen LogP contribution in [0.1, 0.15) is 38.5 Å². The molecule has 0 bridgehead atoms. The van der Waals surface area contributed by atoms with E-state index in [0.717, 1.165) is 13.0 Å². The molecule has 2 rings (SSSR count). The summed E-state index contributed by atoms with van der Waals surface area (Å²) in [5, 5.41) is 0. The van der Waals surface area contributed by atoms with Gasteiger partial charge in [-0.3, -0.25) is 0 Å². The standard InChI is InChI=1S/C13H24F2N2/c1-17(12(8-16)11-4-5-11)9-10-3-2-6-13(14,15)7-10/h10-12H,2-9,16H2,1H3. The second-order valence-corrected chi connectivity index (χ2v) is 5.90. The number of nitrogens with zero attached hydrogens (tertiary/aromatic N) is 1. The molecule has 0 radical (unpaired) electrons. The van der Waals surface area contributed by atoms with Gasteiger partial charge in [-0.25, -0.2) is 8.78 Å². The van der Waals surface area contributed by atoms with Crippen molar-refractivity contribution in [2.24, 2.45) is 17.6 Å². The number of hydrogen-bond acceptors (Lipinski definition) is 2. The van der Waals surface area contributed by atoms with Crippen LogP contribution >= 0.6 is 0 Å². The van der Waals surface area contributed by atoms with E-state index in [4.69, 9.17) is 5.73 Å². The zero-order chi connectivity index (χ0) is 12.5. The molecule has 2 aliphatic rings. The van der Waals surface area contributed by atoms with Crippen LogP contribution in [0.25, 0.3) is 0 Å². The van der Waals surface area contributed by atoms with Gasteiger partial charge in [-0.1, -0.05) is 0 Å². The molecule has 0 spiro atoms. The predicted octanol–water partition coefficient (Wildman–Crippen LogP) is 2.48. The van der Waals surface area contributed by atoms with Gasteiger partial charge in [-0.2, -0.15) is 0 Å². The highest BCUT2D eigenvalue weighted by Crippen LogP contribution is 2.38. The normalized spacial score (nSPS) is 30.5. The molecule has 2 aliphatic carbocycles. The SMILES string of the molecule is CN(CC1CCCC(F)(F)C1)C(CN)C1CC1. The van der Waals surface area contributed by atoms with Crippen LogP contribution in [0.3, 0.4) is 0 Å². The maximum Gasteiger partial charge on any atom is 0.248 e. The Bertz CT molecular complexity index is 254. The average Bonchev–Trinajstić information content (AvgIpc) is 3.01. The number of nitrogens with two attached hydrogens (primary N) is 1. The lowest BCUT2D eigenvalue weighted by Gasteiger charge is -2.35. The third-order valence-corrected chi connectivity index (χ3v) is 4.26. The zero-order valence-corrected chi connectivity index (χ0v) is 10.7. The molecule has 0 amide bonds. The lowest BCUT2D eigenvalue weighted by atomic mass is 9.86. The molecular weight excluding hydrogens is 222 g/mol. The number of halogens is 2. The van der Waals surface area contributed by atoms with Crippen molar-refractivity contribution in [1.29, 1.82) is 0 Å². The molecule has 2 fully saturated rings. The van der Waals surface area contributed by atoms with Gasteiger partial charge >= 0.3 is 0 Å². The van der Waals surface area contributed by atoms with Gasteiger partial charge in [0.1, 0.15) is 0 Å². The van der Waals surface area contributed by atoms with Crippen LogP contribution in [0, 0.1) is 11.8 Å². The Morgan fingerprint density at radius 2 is 2.06 bits per heavy atom. The Morgan fingerprint density at radius 1 is 1.35 bits per heavy atom. The van der Waals surface area contributed by atoms with Crippen molar-refractivity contribution in [2.45, 2.75) is 50.5 Å². The number of alkyl halides is 2. The van der Waals surface area contributed by atoms with Crippen LogP contribution in [0.15, 0.2) is 0 Å². The molecule has 0 aromatic rings. The maximum atomic E-state index is 13.3. The zero-order valence-electron chi connectivity index (χ0n) is 10.7. The van der Waals surface area contributed by atoms with E-state index in [9.17, 15) is 8.78 Å². The fraction of sp³-hybridized carbons (Fsp3) is 1.00. The Kier molecular flexibility index (Phi) is 4.03. The van der Waals surface area contributed by atoms with Gasteiger partial charge in [0.05, 0.1) is 0 Å². The molecule has 4 heteroatoms. The van der Waals surface area contributed by atoms with E-state index in [1.54, 1.807) is 0 Å². The largest absolute Gasteiger partial charge is 0.329 e. The number of hydrogen-bond donors (Lipinski definition) is 1. The van der Waals surface area contributed by atoms with E-state index < -0.39 is 5.92 Å². The van der Waals surface area contributed by atoms with Crippen molar-refractivity contribution in [3.05, 3.63) is 0 Å². The smallest absolute Gasteiger partial charge is 0.248 e. The first-order valence-corrected chi connectivity index (χ1v) is 6.80. The van der Waals surface area contributed by atoms with Crippen molar-refractivity contribution in [2.75, 3.05) is 20.1 Å². The van der Waals surface area contributed by atoms with Gasteiger partial charge < -0.3 is 10.6 Å². The summed E-state index contributed by atoms with van der Waals surface area (Å²) in [4.78, 5) is 2.23. The third-order valence-electron chi connectivity index (χ3n) is 4.26. The number of likely N-dealkylation sites (N-methyl/N-ethyl adjacent to an activating group) is 1. The van der Waals surface area contributed by atoms with E-state index in [0.29, 0.717) is 24.9 Å². The van der Waals surface area contributed by atoms with Gasteiger partial charge in [0.2, 0.25) is 5.92 Å². The summed E-state index contributed by atoms with van der Waals surface area (Å²) < 4.78 is 26.6. The van der Waals surface area contributed by atoms with Crippen molar-refractivity contribution in [3.8, 4) is 0 Å². The van der Waals surface area contributed by atoms with Crippen LogP contribution < -0.4 is 5.73 Å². The molecule has 0 aliphatic heterocycles. The van der Waals surface area contributed by atoms with E-state index in [2.05, 4.69) is 4.90 Å². The van der Waals surface area contributed by atoms with Crippen molar-refractivity contribution in [1.82, 2.24) is 4.90 Å².